The molecule has 0 saturated heterocycles. The van der Waals surface area contributed by atoms with Crippen molar-refractivity contribution in [2.45, 2.75) is 37.0 Å². The van der Waals surface area contributed by atoms with Gasteiger partial charge in [0.15, 0.2) is 0 Å². The Hall–Kier alpha value is -0.670. The van der Waals surface area contributed by atoms with Crippen LogP contribution in [0.25, 0.3) is 0 Å². The minimum Gasteiger partial charge on any atom is -0.493 e. The van der Waals surface area contributed by atoms with Gasteiger partial charge in [0.1, 0.15) is 5.75 Å². The Morgan fingerprint density at radius 3 is 3.00 bits per heavy atom. The molecule has 2 nitrogen and oxygen atoms in total. The first kappa shape index (κ1) is 12.4. The van der Waals surface area contributed by atoms with E-state index < -0.39 is 0 Å². The molecule has 2 aliphatic rings. The summed E-state index contributed by atoms with van der Waals surface area (Å²) in [6.45, 7) is 4.23. The van der Waals surface area contributed by atoms with E-state index in [9.17, 15) is 0 Å². The Morgan fingerprint density at radius 2 is 2.28 bits per heavy atom. The zero-order valence-electron chi connectivity index (χ0n) is 11.2. The number of ether oxygens (including phenoxy) is 1. The molecular formula is C15H21NOS. The molecule has 0 bridgehead atoms. The van der Waals surface area contributed by atoms with Crippen LogP contribution in [0.15, 0.2) is 18.2 Å². The second kappa shape index (κ2) is 4.78. The average molecular weight is 263 g/mol. The standard InChI is InChI=1S/C15H21NOS/c1-11(16-10-15(18-2)6-7-15)12-3-4-14-13(9-12)5-8-17-14/h3-4,9,11,16H,5-8,10H2,1-2H3. The van der Waals surface area contributed by atoms with Gasteiger partial charge >= 0.3 is 0 Å². The lowest BCUT2D eigenvalue weighted by molar-refractivity contribution is 0.356. The van der Waals surface area contributed by atoms with E-state index in [-0.39, 0.29) is 0 Å². The van der Waals surface area contributed by atoms with Gasteiger partial charge in [-0.2, -0.15) is 11.8 Å². The summed E-state index contributed by atoms with van der Waals surface area (Å²) in [5.74, 6) is 1.08. The lowest BCUT2D eigenvalue weighted by atomic mass is 10.0. The summed E-state index contributed by atoms with van der Waals surface area (Å²) >= 11 is 2.01. The van der Waals surface area contributed by atoms with Crippen LogP contribution in [-0.4, -0.2) is 24.2 Å². The third-order valence-electron chi connectivity index (χ3n) is 4.18. The van der Waals surface area contributed by atoms with Crippen LogP contribution in [0.3, 0.4) is 0 Å². The van der Waals surface area contributed by atoms with Gasteiger partial charge in [-0.1, -0.05) is 12.1 Å². The van der Waals surface area contributed by atoms with Crippen molar-refractivity contribution in [3.8, 4) is 5.75 Å². The molecule has 1 unspecified atom stereocenters. The fourth-order valence-electron chi connectivity index (χ4n) is 2.53. The predicted octanol–water partition coefficient (Wildman–Crippen LogP) is 3.17. The highest BCUT2D eigenvalue weighted by atomic mass is 32.2. The van der Waals surface area contributed by atoms with Crippen molar-refractivity contribution < 1.29 is 4.74 Å². The summed E-state index contributed by atoms with van der Waals surface area (Å²) in [5.41, 5.74) is 2.75. The van der Waals surface area contributed by atoms with E-state index in [4.69, 9.17) is 4.74 Å². The van der Waals surface area contributed by atoms with Crippen LogP contribution in [0.1, 0.15) is 36.9 Å². The maximum atomic E-state index is 5.55. The molecule has 18 heavy (non-hydrogen) atoms. The molecule has 3 heteroatoms. The first-order valence-electron chi connectivity index (χ1n) is 6.77. The molecule has 0 aromatic heterocycles. The summed E-state index contributed by atoms with van der Waals surface area (Å²) in [6, 6.07) is 7.05. The summed E-state index contributed by atoms with van der Waals surface area (Å²) in [4.78, 5) is 0. The number of rotatable bonds is 5. The molecule has 98 valence electrons. The minimum atomic E-state index is 0.431. The van der Waals surface area contributed by atoms with Gasteiger partial charge in [0.25, 0.3) is 0 Å². The fourth-order valence-corrected chi connectivity index (χ4v) is 3.26. The van der Waals surface area contributed by atoms with E-state index in [1.54, 1.807) is 0 Å². The van der Waals surface area contributed by atoms with Gasteiger partial charge in [-0.15, -0.1) is 0 Å². The number of benzene rings is 1. The van der Waals surface area contributed by atoms with Crippen molar-refractivity contribution >= 4 is 11.8 Å². The van der Waals surface area contributed by atoms with E-state index >= 15 is 0 Å². The Morgan fingerprint density at radius 1 is 1.44 bits per heavy atom. The van der Waals surface area contributed by atoms with Crippen molar-refractivity contribution in [2.75, 3.05) is 19.4 Å². The molecule has 1 heterocycles. The maximum Gasteiger partial charge on any atom is 0.122 e. The zero-order valence-corrected chi connectivity index (χ0v) is 12.0. The predicted molar refractivity (Wildman–Crippen MR) is 77.5 cm³/mol. The number of fused-ring (bicyclic) bond motifs is 1. The largest absolute Gasteiger partial charge is 0.493 e. The van der Waals surface area contributed by atoms with Crippen LogP contribution in [0.4, 0.5) is 0 Å². The Labute approximate surface area is 113 Å². The van der Waals surface area contributed by atoms with Crippen molar-refractivity contribution in [3.05, 3.63) is 29.3 Å². The molecule has 0 amide bonds. The molecule has 1 fully saturated rings. The first-order valence-corrected chi connectivity index (χ1v) is 7.99. The first-order chi connectivity index (χ1) is 8.72. The van der Waals surface area contributed by atoms with E-state index in [2.05, 4.69) is 36.7 Å². The molecule has 0 radical (unpaired) electrons. The molecule has 0 spiro atoms. The molecule has 1 atom stereocenters. The van der Waals surface area contributed by atoms with Crippen LogP contribution in [0, 0.1) is 0 Å². The smallest absolute Gasteiger partial charge is 0.122 e. The Kier molecular flexibility index (Phi) is 3.29. The lowest BCUT2D eigenvalue weighted by Gasteiger charge is -2.19. The maximum absolute atomic E-state index is 5.55. The Bertz CT molecular complexity index is 442. The van der Waals surface area contributed by atoms with Crippen LogP contribution < -0.4 is 10.1 Å². The lowest BCUT2D eigenvalue weighted by Crippen LogP contribution is -2.28. The Balaban J connectivity index is 1.63. The highest BCUT2D eigenvalue weighted by molar-refractivity contribution is 8.00. The van der Waals surface area contributed by atoms with Crippen LogP contribution in [0.5, 0.6) is 5.75 Å². The number of hydrogen-bond donors (Lipinski definition) is 1. The normalized spacial score (nSPS) is 21.2. The molecular weight excluding hydrogens is 242 g/mol. The molecule has 1 aliphatic carbocycles. The summed E-state index contributed by atoms with van der Waals surface area (Å²) in [5, 5.41) is 3.68. The summed E-state index contributed by atoms with van der Waals surface area (Å²) < 4.78 is 6.09. The average Bonchev–Trinajstić information content (AvgIpc) is 3.04. The minimum absolute atomic E-state index is 0.431. The number of hydrogen-bond acceptors (Lipinski definition) is 3. The van der Waals surface area contributed by atoms with E-state index in [1.165, 1.54) is 24.0 Å². The van der Waals surface area contributed by atoms with E-state index in [0.717, 1.165) is 25.3 Å². The quantitative estimate of drug-likeness (QED) is 0.881. The summed E-state index contributed by atoms with van der Waals surface area (Å²) in [6.07, 6.45) is 6.02. The fraction of sp³-hybridized carbons (Fsp3) is 0.600. The van der Waals surface area contributed by atoms with Gasteiger partial charge < -0.3 is 10.1 Å². The van der Waals surface area contributed by atoms with Gasteiger partial charge in [0, 0.05) is 23.8 Å². The third kappa shape index (κ3) is 2.39. The van der Waals surface area contributed by atoms with Crippen LogP contribution in [-0.2, 0) is 6.42 Å². The van der Waals surface area contributed by atoms with Crippen molar-refractivity contribution in [3.63, 3.8) is 0 Å². The molecule has 1 aliphatic heterocycles. The monoisotopic (exact) mass is 263 g/mol. The van der Waals surface area contributed by atoms with Crippen molar-refractivity contribution in [2.24, 2.45) is 0 Å². The topological polar surface area (TPSA) is 21.3 Å². The second-order valence-electron chi connectivity index (χ2n) is 5.46. The molecule has 3 rings (SSSR count). The van der Waals surface area contributed by atoms with Crippen LogP contribution in [0.2, 0.25) is 0 Å². The molecule has 1 aromatic carbocycles. The van der Waals surface area contributed by atoms with Crippen molar-refractivity contribution in [1.82, 2.24) is 5.32 Å². The number of nitrogens with one attached hydrogen (secondary N) is 1. The third-order valence-corrected chi connectivity index (χ3v) is 5.60. The number of thioether (sulfide) groups is 1. The molecule has 1 N–H and O–H groups in total. The second-order valence-corrected chi connectivity index (χ2v) is 6.73. The van der Waals surface area contributed by atoms with Gasteiger partial charge in [0.2, 0.25) is 0 Å². The molecule has 1 aromatic rings. The van der Waals surface area contributed by atoms with Gasteiger partial charge in [0.05, 0.1) is 6.61 Å². The molecule has 1 saturated carbocycles. The van der Waals surface area contributed by atoms with Crippen LogP contribution >= 0.6 is 11.8 Å². The van der Waals surface area contributed by atoms with Gasteiger partial charge in [-0.25, -0.2) is 0 Å². The van der Waals surface area contributed by atoms with E-state index in [1.807, 2.05) is 11.8 Å². The summed E-state index contributed by atoms with van der Waals surface area (Å²) in [7, 11) is 0. The highest BCUT2D eigenvalue weighted by Crippen LogP contribution is 2.46. The zero-order chi connectivity index (χ0) is 12.6. The SMILES string of the molecule is CSC1(CNC(C)c2ccc3c(c2)CCO3)CC1. The van der Waals surface area contributed by atoms with Crippen molar-refractivity contribution in [1.29, 1.82) is 0 Å². The van der Waals surface area contributed by atoms with Gasteiger partial charge in [-0.3, -0.25) is 0 Å². The van der Waals surface area contributed by atoms with Gasteiger partial charge in [-0.05, 0) is 43.2 Å². The highest BCUT2D eigenvalue weighted by Gasteiger charge is 2.41. The van der Waals surface area contributed by atoms with E-state index in [0.29, 0.717) is 10.8 Å².